The van der Waals surface area contributed by atoms with Gasteiger partial charge >= 0.3 is 0 Å². The molecule has 198 valence electrons. The molecule has 0 saturated heterocycles. The third-order valence-corrected chi connectivity index (χ3v) is 7.09. The number of hydrogen-bond acceptors (Lipinski definition) is 6. The molecule has 2 aromatic heterocycles. The molecule has 0 bridgehead atoms. The smallest absolute Gasteiger partial charge is 0.138 e. The van der Waals surface area contributed by atoms with E-state index in [1.165, 1.54) is 17.5 Å². The molecule has 0 saturated carbocycles. The Balaban J connectivity index is 1.34. The van der Waals surface area contributed by atoms with Gasteiger partial charge in [0, 0.05) is 42.9 Å². The maximum absolute atomic E-state index is 5.77. The molecular formula is C33H30N6O. The maximum atomic E-state index is 5.77. The van der Waals surface area contributed by atoms with Gasteiger partial charge in [-0.15, -0.1) is 0 Å². The van der Waals surface area contributed by atoms with Gasteiger partial charge in [0.2, 0.25) is 0 Å². The van der Waals surface area contributed by atoms with E-state index in [4.69, 9.17) is 9.72 Å². The maximum Gasteiger partial charge on any atom is 0.138 e. The molecule has 6 rings (SSSR count). The first-order valence-corrected chi connectivity index (χ1v) is 13.1. The van der Waals surface area contributed by atoms with Crippen LogP contribution in [0.1, 0.15) is 27.8 Å². The number of benzene rings is 3. The normalized spacial score (nSPS) is 12.3. The SMILES string of the molecule is C=C(c1ccc(C2=CN2)cc1)c1c(N(C)C)cnc2cc(OC)c(/C=C\Cc3ccc(-n4cncn4)cc3)cc12. The summed E-state index contributed by atoms with van der Waals surface area (Å²) in [6.07, 6.45) is 12.2. The number of nitrogens with one attached hydrogen (secondary N) is 1. The summed E-state index contributed by atoms with van der Waals surface area (Å²) in [7, 11) is 5.76. The lowest BCUT2D eigenvalue weighted by Crippen LogP contribution is -2.12. The second-order valence-electron chi connectivity index (χ2n) is 9.90. The van der Waals surface area contributed by atoms with Crippen molar-refractivity contribution < 1.29 is 4.74 Å². The Morgan fingerprint density at radius 2 is 1.85 bits per heavy atom. The van der Waals surface area contributed by atoms with Crippen molar-refractivity contribution in [1.29, 1.82) is 0 Å². The van der Waals surface area contributed by atoms with E-state index >= 15 is 0 Å². The molecule has 3 heterocycles. The van der Waals surface area contributed by atoms with E-state index in [0.717, 1.165) is 62.4 Å². The third kappa shape index (κ3) is 4.97. The Morgan fingerprint density at radius 1 is 1.07 bits per heavy atom. The Kier molecular flexibility index (Phi) is 6.62. The average Bonchev–Trinajstić information content (AvgIpc) is 3.69. The zero-order valence-corrected chi connectivity index (χ0v) is 22.8. The zero-order chi connectivity index (χ0) is 27.6. The lowest BCUT2D eigenvalue weighted by Gasteiger charge is -2.21. The average molecular weight is 527 g/mol. The Bertz CT molecular complexity index is 1750. The minimum atomic E-state index is 0.779. The molecule has 5 aromatic rings. The molecule has 0 unspecified atom stereocenters. The van der Waals surface area contributed by atoms with Crippen LogP contribution in [0.25, 0.3) is 33.9 Å². The van der Waals surface area contributed by atoms with Crippen LogP contribution in [0.5, 0.6) is 5.75 Å². The van der Waals surface area contributed by atoms with Gasteiger partial charge in [0.1, 0.15) is 18.4 Å². The largest absolute Gasteiger partial charge is 0.496 e. The number of pyridine rings is 1. The van der Waals surface area contributed by atoms with Gasteiger partial charge < -0.3 is 15.0 Å². The van der Waals surface area contributed by atoms with Crippen molar-refractivity contribution in [2.24, 2.45) is 0 Å². The summed E-state index contributed by atoms with van der Waals surface area (Å²) in [5, 5.41) is 8.38. The summed E-state index contributed by atoms with van der Waals surface area (Å²) < 4.78 is 7.51. The molecular weight excluding hydrogens is 496 g/mol. The van der Waals surface area contributed by atoms with E-state index in [9.17, 15) is 0 Å². The first-order valence-electron chi connectivity index (χ1n) is 13.1. The summed E-state index contributed by atoms with van der Waals surface area (Å²) in [6, 6.07) is 21.0. The fourth-order valence-electron chi connectivity index (χ4n) is 4.84. The fraction of sp³-hybridized carbons (Fsp3) is 0.121. The lowest BCUT2D eigenvalue weighted by molar-refractivity contribution is 0.414. The minimum absolute atomic E-state index is 0.779. The standard InChI is InChI=1S/C33H30N6O/c1-22(24-10-12-25(13-11-24)30-18-35-30)33-28-16-26(32(40-4)17-29(28)36-19-31(33)38(2)3)7-5-6-23-8-14-27(15-9-23)39-21-34-20-37-39/h5,7-21,35H,1,6H2,2-4H3/b7-5-. The highest BCUT2D eigenvalue weighted by atomic mass is 16.5. The van der Waals surface area contributed by atoms with Crippen molar-refractivity contribution >= 4 is 33.9 Å². The first kappa shape index (κ1) is 25.1. The van der Waals surface area contributed by atoms with Gasteiger partial charge in [-0.1, -0.05) is 55.1 Å². The molecule has 0 radical (unpaired) electrons. The van der Waals surface area contributed by atoms with Crippen molar-refractivity contribution in [2.45, 2.75) is 6.42 Å². The van der Waals surface area contributed by atoms with Crippen LogP contribution in [-0.4, -0.2) is 41.0 Å². The number of ether oxygens (including phenoxy) is 1. The summed E-state index contributed by atoms with van der Waals surface area (Å²) in [5.41, 5.74) is 10.5. The second kappa shape index (κ2) is 10.5. The molecule has 3 aromatic carbocycles. The van der Waals surface area contributed by atoms with E-state index in [-0.39, 0.29) is 0 Å². The number of allylic oxidation sites excluding steroid dienone is 1. The van der Waals surface area contributed by atoms with Crippen LogP contribution < -0.4 is 15.0 Å². The van der Waals surface area contributed by atoms with Crippen LogP contribution in [0.3, 0.4) is 0 Å². The molecule has 7 heteroatoms. The first-order chi connectivity index (χ1) is 19.5. The number of rotatable bonds is 9. The molecule has 0 aliphatic carbocycles. The summed E-state index contributed by atoms with van der Waals surface area (Å²) in [6.45, 7) is 4.53. The predicted octanol–water partition coefficient (Wildman–Crippen LogP) is 6.11. The molecule has 0 atom stereocenters. The van der Waals surface area contributed by atoms with Gasteiger partial charge in [-0.25, -0.2) is 9.67 Å². The zero-order valence-electron chi connectivity index (χ0n) is 22.8. The molecule has 40 heavy (non-hydrogen) atoms. The van der Waals surface area contributed by atoms with Crippen molar-refractivity contribution in [3.05, 3.63) is 126 Å². The number of methoxy groups -OCH3 is 1. The van der Waals surface area contributed by atoms with E-state index in [1.807, 2.05) is 44.7 Å². The van der Waals surface area contributed by atoms with Crippen molar-refractivity contribution in [2.75, 3.05) is 26.1 Å². The van der Waals surface area contributed by atoms with E-state index in [1.54, 1.807) is 18.1 Å². The quantitative estimate of drug-likeness (QED) is 0.250. The predicted molar refractivity (Wildman–Crippen MR) is 162 cm³/mol. The van der Waals surface area contributed by atoms with Gasteiger partial charge in [0.25, 0.3) is 0 Å². The summed E-state index contributed by atoms with van der Waals surface area (Å²) >= 11 is 0. The highest BCUT2D eigenvalue weighted by molar-refractivity contribution is 6.02. The van der Waals surface area contributed by atoms with Crippen LogP contribution in [0.15, 0.2) is 98.4 Å². The van der Waals surface area contributed by atoms with Crippen LogP contribution in [0, 0.1) is 0 Å². The van der Waals surface area contributed by atoms with Gasteiger partial charge in [0.05, 0.1) is 35.9 Å². The molecule has 1 N–H and O–H groups in total. The molecule has 0 amide bonds. The minimum Gasteiger partial charge on any atom is -0.496 e. The van der Waals surface area contributed by atoms with Gasteiger partial charge in [0.15, 0.2) is 0 Å². The van der Waals surface area contributed by atoms with Crippen LogP contribution in [-0.2, 0) is 6.42 Å². The fourth-order valence-corrected chi connectivity index (χ4v) is 4.84. The van der Waals surface area contributed by atoms with Crippen molar-refractivity contribution in [3.8, 4) is 11.4 Å². The highest BCUT2D eigenvalue weighted by Gasteiger charge is 2.18. The topological polar surface area (TPSA) is 78.0 Å². The molecule has 0 spiro atoms. The number of nitrogens with zero attached hydrogens (tertiary/aromatic N) is 5. The van der Waals surface area contributed by atoms with Crippen molar-refractivity contribution in [1.82, 2.24) is 25.1 Å². The van der Waals surface area contributed by atoms with E-state index in [2.05, 4.69) is 81.5 Å². The molecule has 7 nitrogen and oxygen atoms in total. The van der Waals surface area contributed by atoms with Gasteiger partial charge in [-0.05, 0) is 46.9 Å². The van der Waals surface area contributed by atoms with Crippen molar-refractivity contribution in [3.63, 3.8) is 0 Å². The highest BCUT2D eigenvalue weighted by Crippen LogP contribution is 2.38. The second-order valence-corrected chi connectivity index (χ2v) is 9.90. The van der Waals surface area contributed by atoms with Crippen LogP contribution >= 0.6 is 0 Å². The van der Waals surface area contributed by atoms with Crippen LogP contribution in [0.2, 0.25) is 0 Å². The Hall–Kier alpha value is -5.17. The van der Waals surface area contributed by atoms with Crippen LogP contribution in [0.4, 0.5) is 5.69 Å². The summed E-state index contributed by atoms with van der Waals surface area (Å²) in [4.78, 5) is 10.9. The number of fused-ring (bicyclic) bond motifs is 1. The number of aromatic nitrogens is 4. The Labute approximate surface area is 233 Å². The number of anilines is 1. The van der Waals surface area contributed by atoms with E-state index in [0.29, 0.717) is 0 Å². The molecule has 1 aliphatic heterocycles. The third-order valence-electron chi connectivity index (χ3n) is 7.09. The molecule has 1 aliphatic rings. The number of hydrogen-bond donors (Lipinski definition) is 1. The van der Waals surface area contributed by atoms with E-state index < -0.39 is 0 Å². The van der Waals surface area contributed by atoms with Gasteiger partial charge in [-0.3, -0.25) is 4.98 Å². The Morgan fingerprint density at radius 3 is 2.50 bits per heavy atom. The summed E-state index contributed by atoms with van der Waals surface area (Å²) in [5.74, 6) is 0.779. The van der Waals surface area contributed by atoms with Gasteiger partial charge in [-0.2, -0.15) is 5.10 Å². The lowest BCUT2D eigenvalue weighted by atomic mass is 9.93. The molecule has 0 fully saturated rings. The monoisotopic (exact) mass is 526 g/mol.